The van der Waals surface area contributed by atoms with Crippen molar-refractivity contribution in [3.8, 4) is 5.88 Å². The summed E-state index contributed by atoms with van der Waals surface area (Å²) >= 11 is 0. The van der Waals surface area contributed by atoms with Gasteiger partial charge in [-0.1, -0.05) is 0 Å². The average molecular weight is 286 g/mol. The Morgan fingerprint density at radius 1 is 1.33 bits per heavy atom. The van der Waals surface area contributed by atoms with E-state index in [1.807, 2.05) is 43.3 Å². The summed E-state index contributed by atoms with van der Waals surface area (Å²) in [5, 5.41) is 7.05. The average Bonchev–Trinajstić information content (AvgIpc) is 2.92. The number of benzene rings is 1. The van der Waals surface area contributed by atoms with E-state index >= 15 is 0 Å². The fourth-order valence-electron chi connectivity index (χ4n) is 2.27. The summed E-state index contributed by atoms with van der Waals surface area (Å²) in [6, 6.07) is 7.67. The molecular formula is C15H18N4O2. The van der Waals surface area contributed by atoms with Gasteiger partial charge >= 0.3 is 0 Å². The minimum absolute atomic E-state index is 0.198. The van der Waals surface area contributed by atoms with Gasteiger partial charge in [-0.05, 0) is 24.3 Å². The molecule has 110 valence electrons. The van der Waals surface area contributed by atoms with Gasteiger partial charge in [0.2, 0.25) is 5.88 Å². The molecule has 0 saturated heterocycles. The first-order valence-electron chi connectivity index (χ1n) is 6.92. The molecule has 1 aromatic heterocycles. The summed E-state index contributed by atoms with van der Waals surface area (Å²) in [5.41, 5.74) is 2.31. The van der Waals surface area contributed by atoms with Crippen LogP contribution in [0.3, 0.4) is 0 Å². The number of carbonyl (C=O) groups is 1. The Bertz CT molecular complexity index is 646. The van der Waals surface area contributed by atoms with Crippen LogP contribution in [-0.2, 0) is 6.54 Å². The van der Waals surface area contributed by atoms with Crippen LogP contribution in [0.25, 0.3) is 0 Å². The first-order valence-corrected chi connectivity index (χ1v) is 6.92. The zero-order valence-electron chi connectivity index (χ0n) is 12.2. The summed E-state index contributed by atoms with van der Waals surface area (Å²) < 4.78 is 7.27. The van der Waals surface area contributed by atoms with Gasteiger partial charge in [0.05, 0.1) is 12.8 Å². The zero-order chi connectivity index (χ0) is 14.8. The van der Waals surface area contributed by atoms with Crippen LogP contribution in [0.2, 0.25) is 0 Å². The monoisotopic (exact) mass is 286 g/mol. The van der Waals surface area contributed by atoms with E-state index in [2.05, 4.69) is 10.4 Å². The van der Waals surface area contributed by atoms with Gasteiger partial charge in [0.1, 0.15) is 5.56 Å². The molecule has 0 saturated carbocycles. The highest BCUT2D eigenvalue weighted by Gasteiger charge is 2.21. The number of hydrogen-bond donors (Lipinski definition) is 1. The molecule has 1 amide bonds. The highest BCUT2D eigenvalue weighted by molar-refractivity contribution is 6.05. The highest BCUT2D eigenvalue weighted by atomic mass is 16.5. The molecule has 1 aliphatic heterocycles. The molecule has 0 radical (unpaired) electrons. The Kier molecular flexibility index (Phi) is 3.51. The summed E-state index contributed by atoms with van der Waals surface area (Å²) in [7, 11) is 3.95. The van der Waals surface area contributed by atoms with Crippen molar-refractivity contribution >= 4 is 17.3 Å². The Morgan fingerprint density at radius 3 is 2.81 bits per heavy atom. The smallest absolute Gasteiger partial charge is 0.262 e. The van der Waals surface area contributed by atoms with Crippen LogP contribution in [0.4, 0.5) is 11.4 Å². The van der Waals surface area contributed by atoms with Crippen molar-refractivity contribution in [2.24, 2.45) is 0 Å². The van der Waals surface area contributed by atoms with Gasteiger partial charge in [-0.3, -0.25) is 4.79 Å². The predicted octanol–water partition coefficient (Wildman–Crippen LogP) is 1.98. The van der Waals surface area contributed by atoms with Crippen LogP contribution >= 0.6 is 0 Å². The van der Waals surface area contributed by atoms with Crippen molar-refractivity contribution in [3.63, 3.8) is 0 Å². The van der Waals surface area contributed by atoms with E-state index in [1.165, 1.54) is 0 Å². The molecule has 3 rings (SSSR count). The number of hydrogen-bond acceptors (Lipinski definition) is 4. The van der Waals surface area contributed by atoms with Gasteiger partial charge in [-0.25, -0.2) is 4.68 Å². The van der Waals surface area contributed by atoms with E-state index < -0.39 is 0 Å². The number of carbonyl (C=O) groups excluding carboxylic acids is 1. The van der Waals surface area contributed by atoms with Crippen molar-refractivity contribution < 1.29 is 9.53 Å². The number of aryl methyl sites for hydroxylation is 1. The number of anilines is 2. The molecule has 0 atom stereocenters. The number of amides is 1. The summed E-state index contributed by atoms with van der Waals surface area (Å²) in [4.78, 5) is 14.3. The third-order valence-corrected chi connectivity index (χ3v) is 3.43. The highest BCUT2D eigenvalue weighted by Crippen LogP contribution is 2.23. The molecule has 1 aromatic carbocycles. The first kappa shape index (κ1) is 13.5. The number of fused-ring (bicyclic) bond motifs is 1. The molecule has 21 heavy (non-hydrogen) atoms. The van der Waals surface area contributed by atoms with E-state index in [0.29, 0.717) is 18.1 Å². The third kappa shape index (κ3) is 2.69. The van der Waals surface area contributed by atoms with E-state index in [1.54, 1.807) is 10.9 Å². The SMILES string of the molecule is CN(C)c1ccc(NC(=O)c2cnn3c2OCCC3)cc1. The van der Waals surface area contributed by atoms with Crippen LogP contribution in [0.5, 0.6) is 5.88 Å². The molecular weight excluding hydrogens is 268 g/mol. The van der Waals surface area contributed by atoms with Crippen molar-refractivity contribution in [1.82, 2.24) is 9.78 Å². The van der Waals surface area contributed by atoms with Gasteiger partial charge in [0.15, 0.2) is 0 Å². The maximum atomic E-state index is 12.3. The third-order valence-electron chi connectivity index (χ3n) is 3.43. The summed E-state index contributed by atoms with van der Waals surface area (Å²) in [6.45, 7) is 1.42. The second-order valence-electron chi connectivity index (χ2n) is 5.18. The molecule has 0 aliphatic carbocycles. The fraction of sp³-hybridized carbons (Fsp3) is 0.333. The molecule has 0 unspecified atom stereocenters. The minimum atomic E-state index is -0.198. The Labute approximate surface area is 123 Å². The van der Waals surface area contributed by atoms with Gasteiger partial charge in [0.25, 0.3) is 5.91 Å². The normalized spacial score (nSPS) is 13.2. The van der Waals surface area contributed by atoms with Crippen molar-refractivity contribution in [1.29, 1.82) is 0 Å². The van der Waals surface area contributed by atoms with E-state index in [9.17, 15) is 4.79 Å². The maximum Gasteiger partial charge on any atom is 0.262 e. The Morgan fingerprint density at radius 2 is 2.10 bits per heavy atom. The Hall–Kier alpha value is -2.50. The quantitative estimate of drug-likeness (QED) is 0.937. The molecule has 2 aromatic rings. The topological polar surface area (TPSA) is 59.4 Å². The maximum absolute atomic E-state index is 12.3. The predicted molar refractivity (Wildman–Crippen MR) is 81.1 cm³/mol. The van der Waals surface area contributed by atoms with Gasteiger partial charge in [-0.2, -0.15) is 5.10 Å². The molecule has 2 heterocycles. The van der Waals surface area contributed by atoms with Crippen LogP contribution in [0.15, 0.2) is 30.5 Å². The molecule has 6 nitrogen and oxygen atoms in total. The fourth-order valence-corrected chi connectivity index (χ4v) is 2.27. The van der Waals surface area contributed by atoms with Crippen LogP contribution in [0, 0.1) is 0 Å². The number of nitrogens with one attached hydrogen (secondary N) is 1. The first-order chi connectivity index (χ1) is 10.1. The summed E-state index contributed by atoms with van der Waals surface area (Å²) in [6.07, 6.45) is 2.48. The van der Waals surface area contributed by atoms with Gasteiger partial charge < -0.3 is 15.0 Å². The number of aromatic nitrogens is 2. The molecule has 6 heteroatoms. The standard InChI is InChI=1S/C15H18N4O2/c1-18(2)12-6-4-11(5-7-12)17-14(20)13-10-16-19-8-3-9-21-15(13)19/h4-7,10H,3,8-9H2,1-2H3,(H,17,20). The second-order valence-corrected chi connectivity index (χ2v) is 5.18. The van der Waals surface area contributed by atoms with Crippen molar-refractivity contribution in [2.45, 2.75) is 13.0 Å². The lowest BCUT2D eigenvalue weighted by Crippen LogP contribution is -2.18. The zero-order valence-corrected chi connectivity index (χ0v) is 12.2. The van der Waals surface area contributed by atoms with Gasteiger partial charge in [0, 0.05) is 38.4 Å². The van der Waals surface area contributed by atoms with E-state index in [-0.39, 0.29) is 5.91 Å². The van der Waals surface area contributed by atoms with Crippen molar-refractivity contribution in [2.75, 3.05) is 30.9 Å². The van der Waals surface area contributed by atoms with Crippen LogP contribution < -0.4 is 15.0 Å². The Balaban J connectivity index is 1.75. The molecule has 1 N–H and O–H groups in total. The van der Waals surface area contributed by atoms with E-state index in [0.717, 1.165) is 24.3 Å². The van der Waals surface area contributed by atoms with E-state index in [4.69, 9.17) is 4.74 Å². The lowest BCUT2D eigenvalue weighted by atomic mass is 10.2. The molecule has 0 fully saturated rings. The molecule has 1 aliphatic rings. The lowest BCUT2D eigenvalue weighted by molar-refractivity contribution is 0.102. The second kappa shape index (κ2) is 5.47. The largest absolute Gasteiger partial charge is 0.477 e. The van der Waals surface area contributed by atoms with Gasteiger partial charge in [-0.15, -0.1) is 0 Å². The summed E-state index contributed by atoms with van der Waals surface area (Å²) in [5.74, 6) is 0.361. The van der Waals surface area contributed by atoms with Crippen LogP contribution in [-0.4, -0.2) is 36.4 Å². The lowest BCUT2D eigenvalue weighted by Gasteiger charge is -2.16. The van der Waals surface area contributed by atoms with Crippen molar-refractivity contribution in [3.05, 3.63) is 36.0 Å². The number of rotatable bonds is 3. The minimum Gasteiger partial charge on any atom is -0.477 e. The molecule has 0 spiro atoms. The number of ether oxygens (including phenoxy) is 1. The van der Waals surface area contributed by atoms with Crippen LogP contribution in [0.1, 0.15) is 16.8 Å². The number of nitrogens with zero attached hydrogens (tertiary/aromatic N) is 3. The molecule has 0 bridgehead atoms.